The molecule has 1 aromatic rings. The van der Waals surface area contributed by atoms with Gasteiger partial charge in [0.25, 0.3) is 0 Å². The highest BCUT2D eigenvalue weighted by atomic mass is 35.5. The summed E-state index contributed by atoms with van der Waals surface area (Å²) >= 11 is 11.8. The number of halogens is 2. The van der Waals surface area contributed by atoms with Crippen LogP contribution in [0.5, 0.6) is 0 Å². The molecule has 0 bridgehead atoms. The maximum absolute atomic E-state index is 10.2. The first-order valence-corrected chi connectivity index (χ1v) is 5.44. The number of rotatable bonds is 2. The van der Waals surface area contributed by atoms with Crippen LogP contribution in [-0.2, 0) is 6.42 Å². The Balaban J connectivity index is 2.23. The summed E-state index contributed by atoms with van der Waals surface area (Å²) < 4.78 is 0. The van der Waals surface area contributed by atoms with Crippen LogP contribution in [0, 0.1) is 0 Å². The van der Waals surface area contributed by atoms with Crippen LogP contribution in [0.4, 0.5) is 0 Å². The van der Waals surface area contributed by atoms with Gasteiger partial charge in [0, 0.05) is 18.5 Å². The number of β-amino-alcohol motifs (C(OH)–C–C–N with tert-alkyl or cyclic N) is 1. The van der Waals surface area contributed by atoms with Crippen LogP contribution in [0.3, 0.4) is 0 Å². The fourth-order valence-corrected chi connectivity index (χ4v) is 2.18. The van der Waals surface area contributed by atoms with Gasteiger partial charge in [0.1, 0.15) is 16.6 Å². The van der Waals surface area contributed by atoms with Crippen molar-refractivity contribution >= 4 is 23.2 Å². The third-order valence-electron chi connectivity index (χ3n) is 2.57. The first-order chi connectivity index (χ1) is 7.11. The monoisotopic (exact) mass is 247 g/mol. The van der Waals surface area contributed by atoms with E-state index in [1.807, 2.05) is 0 Å². The van der Waals surface area contributed by atoms with E-state index in [2.05, 4.69) is 15.3 Å². The van der Waals surface area contributed by atoms with Crippen molar-refractivity contribution in [3.05, 3.63) is 22.2 Å². The first kappa shape index (κ1) is 11.1. The Morgan fingerprint density at radius 1 is 1.40 bits per heavy atom. The first-order valence-electron chi connectivity index (χ1n) is 4.69. The molecule has 0 radical (unpaired) electrons. The molecule has 0 spiro atoms. The summed E-state index contributed by atoms with van der Waals surface area (Å²) in [4.78, 5) is 7.70. The summed E-state index contributed by atoms with van der Waals surface area (Å²) in [5, 5.41) is 13.9. The average Bonchev–Trinajstić information content (AvgIpc) is 2.60. The van der Waals surface area contributed by atoms with Crippen LogP contribution in [0.25, 0.3) is 0 Å². The van der Waals surface area contributed by atoms with Gasteiger partial charge in [-0.05, 0) is 13.0 Å². The van der Waals surface area contributed by atoms with Gasteiger partial charge in [-0.1, -0.05) is 23.2 Å². The minimum Gasteiger partial charge on any atom is -0.388 e. The number of aliphatic hydroxyl groups is 1. The van der Waals surface area contributed by atoms with Crippen molar-refractivity contribution in [2.24, 2.45) is 0 Å². The Kier molecular flexibility index (Phi) is 3.11. The zero-order chi connectivity index (χ0) is 10.9. The van der Waals surface area contributed by atoms with Gasteiger partial charge in [-0.15, -0.1) is 0 Å². The summed E-state index contributed by atoms with van der Waals surface area (Å²) in [6.07, 6.45) is 2.39. The Morgan fingerprint density at radius 3 is 2.60 bits per heavy atom. The Labute approximate surface area is 97.6 Å². The maximum atomic E-state index is 10.2. The van der Waals surface area contributed by atoms with Crippen LogP contribution < -0.4 is 5.32 Å². The van der Waals surface area contributed by atoms with Crippen molar-refractivity contribution in [3.63, 3.8) is 0 Å². The van der Waals surface area contributed by atoms with Crippen LogP contribution in [-0.4, -0.2) is 33.8 Å². The normalized spacial score (nSPS) is 25.8. The summed E-state index contributed by atoms with van der Waals surface area (Å²) in [6.45, 7) is 1.36. The second-order valence-electron chi connectivity index (χ2n) is 3.76. The van der Waals surface area contributed by atoms with Crippen molar-refractivity contribution in [1.82, 2.24) is 15.3 Å². The fraction of sp³-hybridized carbons (Fsp3) is 0.556. The van der Waals surface area contributed by atoms with E-state index >= 15 is 0 Å². The number of hydrogen-bond acceptors (Lipinski definition) is 4. The van der Waals surface area contributed by atoms with Gasteiger partial charge in [0.2, 0.25) is 0 Å². The van der Waals surface area contributed by atoms with Gasteiger partial charge in [-0.25, -0.2) is 9.97 Å². The van der Waals surface area contributed by atoms with Crippen molar-refractivity contribution in [3.8, 4) is 0 Å². The molecule has 0 aromatic carbocycles. The molecule has 1 aliphatic rings. The number of nitrogens with one attached hydrogen (secondary N) is 1. The van der Waals surface area contributed by atoms with Crippen LogP contribution >= 0.6 is 23.2 Å². The van der Waals surface area contributed by atoms with E-state index in [0.717, 1.165) is 6.54 Å². The molecular formula is C9H11Cl2N3O. The number of nitrogens with zero attached hydrogens (tertiary/aromatic N) is 2. The van der Waals surface area contributed by atoms with Crippen LogP contribution in [0.2, 0.25) is 10.3 Å². The largest absolute Gasteiger partial charge is 0.388 e. The van der Waals surface area contributed by atoms with Crippen molar-refractivity contribution < 1.29 is 5.11 Å². The Morgan fingerprint density at radius 2 is 2.07 bits per heavy atom. The fourth-order valence-electron chi connectivity index (χ4n) is 1.73. The predicted molar refractivity (Wildman–Crippen MR) is 58.2 cm³/mol. The van der Waals surface area contributed by atoms with Crippen LogP contribution in [0.15, 0.2) is 6.33 Å². The average molecular weight is 248 g/mol. The highest BCUT2D eigenvalue weighted by molar-refractivity contribution is 6.34. The molecule has 4 nitrogen and oxygen atoms in total. The molecule has 1 aliphatic heterocycles. The van der Waals surface area contributed by atoms with E-state index in [9.17, 15) is 5.11 Å². The standard InChI is InChI=1S/C9H11Cl2N3O/c10-7-6(8(11)14-5-13-7)3-9(15)1-2-12-4-9/h5,12,15H,1-4H2. The van der Waals surface area contributed by atoms with E-state index in [1.54, 1.807) is 0 Å². The maximum Gasteiger partial charge on any atom is 0.137 e. The molecule has 0 amide bonds. The van der Waals surface area contributed by atoms with Crippen molar-refractivity contribution in [1.29, 1.82) is 0 Å². The zero-order valence-corrected chi connectivity index (χ0v) is 9.52. The van der Waals surface area contributed by atoms with Gasteiger partial charge < -0.3 is 10.4 Å². The van der Waals surface area contributed by atoms with E-state index in [4.69, 9.17) is 23.2 Å². The van der Waals surface area contributed by atoms with Gasteiger partial charge in [-0.2, -0.15) is 0 Å². The smallest absolute Gasteiger partial charge is 0.137 e. The molecule has 1 unspecified atom stereocenters. The summed E-state index contributed by atoms with van der Waals surface area (Å²) in [6, 6.07) is 0. The minimum absolute atomic E-state index is 0.315. The molecule has 2 N–H and O–H groups in total. The van der Waals surface area contributed by atoms with Crippen LogP contribution in [0.1, 0.15) is 12.0 Å². The SMILES string of the molecule is OC1(Cc2c(Cl)ncnc2Cl)CCNC1. The molecule has 1 saturated heterocycles. The van der Waals surface area contributed by atoms with E-state index < -0.39 is 5.60 Å². The predicted octanol–water partition coefficient (Wildman–Crippen LogP) is 1.05. The van der Waals surface area contributed by atoms with E-state index in [0.29, 0.717) is 35.3 Å². The lowest BCUT2D eigenvalue weighted by Crippen LogP contribution is -2.34. The highest BCUT2D eigenvalue weighted by Crippen LogP contribution is 2.27. The molecule has 15 heavy (non-hydrogen) atoms. The molecule has 1 atom stereocenters. The molecule has 6 heteroatoms. The zero-order valence-electron chi connectivity index (χ0n) is 8.00. The quantitative estimate of drug-likeness (QED) is 0.768. The van der Waals surface area contributed by atoms with Crippen molar-refractivity contribution in [2.45, 2.75) is 18.4 Å². The highest BCUT2D eigenvalue weighted by Gasteiger charge is 2.32. The van der Waals surface area contributed by atoms with Gasteiger partial charge in [0.15, 0.2) is 0 Å². The Bertz CT molecular complexity index is 346. The molecule has 0 aliphatic carbocycles. The summed E-state index contributed by atoms with van der Waals surface area (Å²) in [5.74, 6) is 0. The van der Waals surface area contributed by atoms with Gasteiger partial charge >= 0.3 is 0 Å². The molecule has 0 saturated carbocycles. The lowest BCUT2D eigenvalue weighted by Gasteiger charge is -2.21. The number of hydrogen-bond donors (Lipinski definition) is 2. The minimum atomic E-state index is -0.780. The molecule has 2 heterocycles. The van der Waals surface area contributed by atoms with Gasteiger partial charge in [0.05, 0.1) is 5.60 Å². The lowest BCUT2D eigenvalue weighted by atomic mass is 9.95. The third-order valence-corrected chi connectivity index (χ3v) is 3.22. The second kappa shape index (κ2) is 4.22. The summed E-state index contributed by atoms with van der Waals surface area (Å²) in [5.41, 5.74) is -0.162. The lowest BCUT2D eigenvalue weighted by molar-refractivity contribution is 0.0617. The van der Waals surface area contributed by atoms with E-state index in [1.165, 1.54) is 6.33 Å². The topological polar surface area (TPSA) is 58.0 Å². The molecule has 1 fully saturated rings. The van der Waals surface area contributed by atoms with Crippen molar-refractivity contribution in [2.75, 3.05) is 13.1 Å². The molecule has 2 rings (SSSR count). The third kappa shape index (κ3) is 2.39. The molecule has 82 valence electrons. The second-order valence-corrected chi connectivity index (χ2v) is 4.48. The number of aromatic nitrogens is 2. The molecular weight excluding hydrogens is 237 g/mol. The molecule has 1 aromatic heterocycles. The van der Waals surface area contributed by atoms with Gasteiger partial charge in [-0.3, -0.25) is 0 Å². The van der Waals surface area contributed by atoms with E-state index in [-0.39, 0.29) is 0 Å². The Hall–Kier alpha value is -0.420. The summed E-state index contributed by atoms with van der Waals surface area (Å²) in [7, 11) is 0.